The molecular weight excluding hydrogens is 437 g/mol. The SMILES string of the molecule is CCC(C)(Pc1ccccc1CN1CCCCC1)c1cc(OC)ccc1OCc1ccccc1. The summed E-state index contributed by atoms with van der Waals surface area (Å²) in [4.78, 5) is 2.62. The lowest BCUT2D eigenvalue weighted by Crippen LogP contribution is -2.31. The van der Waals surface area contributed by atoms with Gasteiger partial charge < -0.3 is 9.47 Å². The molecule has 1 aliphatic heterocycles. The number of likely N-dealkylation sites (tertiary alicyclic amines) is 1. The van der Waals surface area contributed by atoms with Crippen LogP contribution in [-0.4, -0.2) is 25.1 Å². The van der Waals surface area contributed by atoms with Gasteiger partial charge in [-0.2, -0.15) is 0 Å². The van der Waals surface area contributed by atoms with Gasteiger partial charge in [-0.3, -0.25) is 4.90 Å². The van der Waals surface area contributed by atoms with E-state index in [4.69, 9.17) is 9.47 Å². The number of methoxy groups -OCH3 is 1. The Labute approximate surface area is 207 Å². The summed E-state index contributed by atoms with van der Waals surface area (Å²) in [5.74, 6) is 1.84. The number of hydrogen-bond acceptors (Lipinski definition) is 3. The highest BCUT2D eigenvalue weighted by Crippen LogP contribution is 2.48. The average molecular weight is 476 g/mol. The second-order valence-corrected chi connectivity index (χ2v) is 11.3. The molecule has 0 saturated carbocycles. The van der Waals surface area contributed by atoms with Crippen LogP contribution in [0.4, 0.5) is 0 Å². The summed E-state index contributed by atoms with van der Waals surface area (Å²) in [5.41, 5.74) is 3.88. The van der Waals surface area contributed by atoms with Crippen molar-refractivity contribution in [2.75, 3.05) is 20.2 Å². The van der Waals surface area contributed by atoms with E-state index in [9.17, 15) is 0 Å². The maximum absolute atomic E-state index is 6.40. The zero-order valence-electron chi connectivity index (χ0n) is 20.8. The predicted molar refractivity (Wildman–Crippen MR) is 145 cm³/mol. The Kier molecular flexibility index (Phi) is 8.64. The fourth-order valence-electron chi connectivity index (χ4n) is 4.71. The van der Waals surface area contributed by atoms with E-state index < -0.39 is 0 Å². The lowest BCUT2D eigenvalue weighted by atomic mass is 9.96. The Morgan fingerprint density at radius 3 is 2.38 bits per heavy atom. The summed E-state index contributed by atoms with van der Waals surface area (Å²) in [6, 6.07) is 25.7. The van der Waals surface area contributed by atoms with Crippen LogP contribution < -0.4 is 14.8 Å². The van der Waals surface area contributed by atoms with Gasteiger partial charge in [-0.05, 0) is 67.0 Å². The van der Waals surface area contributed by atoms with Crippen molar-refractivity contribution in [2.45, 2.75) is 57.8 Å². The van der Waals surface area contributed by atoms with E-state index in [-0.39, 0.29) is 5.16 Å². The van der Waals surface area contributed by atoms with Crippen LogP contribution in [0.3, 0.4) is 0 Å². The quantitative estimate of drug-likeness (QED) is 0.298. The molecular formula is C30H38NO2P. The second kappa shape index (κ2) is 11.9. The first-order valence-corrected chi connectivity index (χ1v) is 13.5. The summed E-state index contributed by atoms with van der Waals surface area (Å²) < 4.78 is 12.0. The number of piperidine rings is 1. The zero-order valence-corrected chi connectivity index (χ0v) is 21.8. The summed E-state index contributed by atoms with van der Waals surface area (Å²) >= 11 is 0. The molecule has 0 spiro atoms. The lowest BCUT2D eigenvalue weighted by Gasteiger charge is -2.33. The molecule has 0 bridgehead atoms. The van der Waals surface area contributed by atoms with Crippen molar-refractivity contribution in [1.82, 2.24) is 4.90 Å². The van der Waals surface area contributed by atoms with Gasteiger partial charge in [-0.1, -0.05) is 83.4 Å². The van der Waals surface area contributed by atoms with Crippen LogP contribution in [0.15, 0.2) is 72.8 Å². The van der Waals surface area contributed by atoms with Crippen molar-refractivity contribution < 1.29 is 9.47 Å². The number of benzene rings is 3. The van der Waals surface area contributed by atoms with Crippen LogP contribution in [0.5, 0.6) is 11.5 Å². The predicted octanol–water partition coefficient (Wildman–Crippen LogP) is 6.89. The molecule has 3 aromatic rings. The summed E-state index contributed by atoms with van der Waals surface area (Å²) in [5, 5.41) is 1.42. The van der Waals surface area contributed by atoms with Crippen molar-refractivity contribution in [3.63, 3.8) is 0 Å². The largest absolute Gasteiger partial charge is 0.497 e. The highest BCUT2D eigenvalue weighted by Gasteiger charge is 2.30. The molecule has 0 amide bonds. The standard InChI is InChI=1S/C30H38NO2P/c1-4-30(2,34-29-16-10-9-15-25(29)22-31-19-11-6-12-20-31)27-21-26(32-3)17-18-28(27)33-23-24-13-7-5-8-14-24/h5,7-10,13-18,21,34H,4,6,11-12,19-20,22-23H2,1-3H3. The van der Waals surface area contributed by atoms with Gasteiger partial charge in [-0.25, -0.2) is 0 Å². The highest BCUT2D eigenvalue weighted by molar-refractivity contribution is 7.48. The first kappa shape index (κ1) is 24.8. The molecule has 4 heteroatoms. The molecule has 0 aromatic heterocycles. The van der Waals surface area contributed by atoms with Crippen LogP contribution in [-0.2, 0) is 18.3 Å². The zero-order chi connectivity index (χ0) is 23.8. The molecule has 3 nitrogen and oxygen atoms in total. The van der Waals surface area contributed by atoms with E-state index in [1.165, 1.54) is 54.3 Å². The maximum Gasteiger partial charge on any atom is 0.124 e. The van der Waals surface area contributed by atoms with Crippen molar-refractivity contribution >= 4 is 13.9 Å². The minimum Gasteiger partial charge on any atom is -0.497 e. The highest BCUT2D eigenvalue weighted by atomic mass is 31.1. The van der Waals surface area contributed by atoms with Gasteiger partial charge >= 0.3 is 0 Å². The Balaban J connectivity index is 1.61. The van der Waals surface area contributed by atoms with Gasteiger partial charge in [-0.15, -0.1) is 0 Å². The molecule has 0 N–H and O–H groups in total. The molecule has 2 atom stereocenters. The van der Waals surface area contributed by atoms with Crippen LogP contribution in [0.2, 0.25) is 0 Å². The Morgan fingerprint density at radius 1 is 0.912 bits per heavy atom. The van der Waals surface area contributed by atoms with Crippen LogP contribution >= 0.6 is 8.58 Å². The molecule has 4 rings (SSSR count). The fourth-order valence-corrected chi connectivity index (χ4v) is 6.31. The summed E-state index contributed by atoms with van der Waals surface area (Å²) in [7, 11) is 2.39. The van der Waals surface area contributed by atoms with E-state index in [1.807, 2.05) is 12.1 Å². The minimum absolute atomic E-state index is 0.0431. The number of rotatable bonds is 10. The molecule has 1 heterocycles. The molecule has 2 unspecified atom stereocenters. The molecule has 0 aliphatic carbocycles. The van der Waals surface area contributed by atoms with Crippen molar-refractivity contribution in [3.05, 3.63) is 89.5 Å². The summed E-state index contributed by atoms with van der Waals surface area (Å²) in [6.07, 6.45) is 5.04. The third kappa shape index (κ3) is 6.20. The third-order valence-electron chi connectivity index (χ3n) is 7.00. The van der Waals surface area contributed by atoms with Gasteiger partial charge in [0, 0.05) is 17.3 Å². The van der Waals surface area contributed by atoms with Gasteiger partial charge in [0.25, 0.3) is 0 Å². The molecule has 3 aromatic carbocycles. The first-order valence-electron chi connectivity index (χ1n) is 12.5. The lowest BCUT2D eigenvalue weighted by molar-refractivity contribution is 0.221. The monoisotopic (exact) mass is 475 g/mol. The molecule has 0 radical (unpaired) electrons. The van der Waals surface area contributed by atoms with Crippen molar-refractivity contribution in [3.8, 4) is 11.5 Å². The molecule has 1 saturated heterocycles. The Morgan fingerprint density at radius 2 is 1.65 bits per heavy atom. The number of ether oxygens (including phenoxy) is 2. The number of nitrogens with zero attached hydrogens (tertiary/aromatic N) is 1. The van der Waals surface area contributed by atoms with Crippen molar-refractivity contribution in [2.24, 2.45) is 0 Å². The normalized spacial score (nSPS) is 16.4. The first-order chi connectivity index (χ1) is 16.6. The van der Waals surface area contributed by atoms with Crippen molar-refractivity contribution in [1.29, 1.82) is 0 Å². The smallest absolute Gasteiger partial charge is 0.124 e. The van der Waals surface area contributed by atoms with E-state index in [1.54, 1.807) is 7.11 Å². The van der Waals surface area contributed by atoms with Gasteiger partial charge in [0.05, 0.1) is 7.11 Å². The van der Waals surface area contributed by atoms with Crippen LogP contribution in [0.25, 0.3) is 0 Å². The number of hydrogen-bond donors (Lipinski definition) is 0. The van der Waals surface area contributed by atoms with Gasteiger partial charge in [0.2, 0.25) is 0 Å². The van der Waals surface area contributed by atoms with Crippen LogP contribution in [0, 0.1) is 0 Å². The molecule has 180 valence electrons. The van der Waals surface area contributed by atoms with E-state index in [0.717, 1.165) is 24.5 Å². The third-order valence-corrected chi connectivity index (χ3v) is 8.93. The van der Waals surface area contributed by atoms with Gasteiger partial charge in [0.1, 0.15) is 18.1 Å². The van der Waals surface area contributed by atoms with Crippen LogP contribution in [0.1, 0.15) is 56.2 Å². The Bertz CT molecular complexity index is 1050. The fraction of sp³-hybridized carbons (Fsp3) is 0.400. The minimum atomic E-state index is -0.0431. The second-order valence-electron chi connectivity index (χ2n) is 9.44. The maximum atomic E-state index is 6.40. The topological polar surface area (TPSA) is 21.7 Å². The van der Waals surface area contributed by atoms with E-state index >= 15 is 0 Å². The van der Waals surface area contributed by atoms with E-state index in [2.05, 4.69) is 79.4 Å². The average Bonchev–Trinajstić information content (AvgIpc) is 2.89. The summed E-state index contributed by atoms with van der Waals surface area (Å²) in [6.45, 7) is 8.73. The molecule has 1 fully saturated rings. The Hall–Kier alpha value is -2.35. The van der Waals surface area contributed by atoms with E-state index in [0.29, 0.717) is 15.2 Å². The molecule has 34 heavy (non-hydrogen) atoms. The van der Waals surface area contributed by atoms with Gasteiger partial charge in [0.15, 0.2) is 0 Å². The molecule has 1 aliphatic rings.